The van der Waals surface area contributed by atoms with E-state index in [4.69, 9.17) is 0 Å². The van der Waals surface area contributed by atoms with Gasteiger partial charge in [-0.15, -0.1) is 11.3 Å². The molecule has 0 saturated carbocycles. The van der Waals surface area contributed by atoms with E-state index in [0.29, 0.717) is 0 Å². The van der Waals surface area contributed by atoms with Gasteiger partial charge in [-0.3, -0.25) is 14.2 Å². The van der Waals surface area contributed by atoms with E-state index in [0.717, 1.165) is 9.44 Å². The molecule has 0 aliphatic rings. The average Bonchev–Trinajstić information content (AvgIpc) is 2.86. The summed E-state index contributed by atoms with van der Waals surface area (Å²) in [5.74, 6) is -0.302. The first-order valence-electron chi connectivity index (χ1n) is 6.32. The fourth-order valence-corrected chi connectivity index (χ4v) is 3.19. The van der Waals surface area contributed by atoms with Crippen LogP contribution in [-0.4, -0.2) is 15.3 Å². The number of hydrogen-bond acceptors (Lipinski definition) is 4. The van der Waals surface area contributed by atoms with Gasteiger partial charge < -0.3 is 4.98 Å². The number of aromatic nitrogens is 2. The molecule has 2 aromatic rings. The van der Waals surface area contributed by atoms with Crippen LogP contribution >= 0.6 is 11.3 Å². The summed E-state index contributed by atoms with van der Waals surface area (Å²) >= 11 is 1.49. The van der Waals surface area contributed by atoms with Crippen molar-refractivity contribution in [3.8, 4) is 0 Å². The first-order valence-corrected chi connectivity index (χ1v) is 7.20. The molecule has 0 fully saturated rings. The van der Waals surface area contributed by atoms with Crippen molar-refractivity contribution in [1.29, 1.82) is 0 Å². The van der Waals surface area contributed by atoms with Crippen molar-refractivity contribution in [2.75, 3.05) is 0 Å². The lowest BCUT2D eigenvalue weighted by Crippen LogP contribution is -2.42. The van der Waals surface area contributed by atoms with Crippen LogP contribution in [0.1, 0.15) is 42.0 Å². The number of thiophene rings is 1. The highest BCUT2D eigenvalue weighted by atomic mass is 32.1. The number of ketones is 1. The summed E-state index contributed by atoms with van der Waals surface area (Å²) in [4.78, 5) is 39.3. The van der Waals surface area contributed by atoms with Crippen molar-refractivity contribution < 1.29 is 4.79 Å². The van der Waals surface area contributed by atoms with E-state index in [2.05, 4.69) is 4.98 Å². The minimum atomic E-state index is -0.534. The fraction of sp³-hybridized carbons (Fsp3) is 0.357. The van der Waals surface area contributed by atoms with Gasteiger partial charge in [-0.05, 0) is 24.3 Å². The van der Waals surface area contributed by atoms with E-state index in [1.165, 1.54) is 24.5 Å². The molecular weight excluding hydrogens is 276 g/mol. The lowest BCUT2D eigenvalue weighted by molar-refractivity contribution is 0.101. The Bertz CT molecular complexity index is 726. The van der Waals surface area contributed by atoms with E-state index in [9.17, 15) is 14.4 Å². The van der Waals surface area contributed by atoms with Gasteiger partial charge in [0.2, 0.25) is 0 Å². The Morgan fingerprint density at radius 2 is 2.05 bits per heavy atom. The predicted molar refractivity (Wildman–Crippen MR) is 78.6 cm³/mol. The summed E-state index contributed by atoms with van der Waals surface area (Å²) in [5, 5.41) is 1.90. The molecule has 0 bridgehead atoms. The molecule has 0 aliphatic carbocycles. The molecule has 0 amide bonds. The third kappa shape index (κ3) is 2.51. The Labute approximate surface area is 119 Å². The highest BCUT2D eigenvalue weighted by Gasteiger charge is 2.24. The molecule has 0 saturated heterocycles. The molecule has 0 aromatic carbocycles. The van der Waals surface area contributed by atoms with Gasteiger partial charge in [0.1, 0.15) is 0 Å². The van der Waals surface area contributed by atoms with E-state index >= 15 is 0 Å². The number of H-pyrrole nitrogens is 1. The lowest BCUT2D eigenvalue weighted by atomic mass is 10.0. The minimum absolute atomic E-state index is 0.00630. The zero-order valence-corrected chi connectivity index (χ0v) is 12.4. The maximum atomic E-state index is 12.4. The van der Waals surface area contributed by atoms with Gasteiger partial charge in [0, 0.05) is 11.1 Å². The van der Waals surface area contributed by atoms with E-state index in [1.54, 1.807) is 0 Å². The van der Waals surface area contributed by atoms with Gasteiger partial charge in [-0.1, -0.05) is 19.9 Å². The van der Waals surface area contributed by atoms with Gasteiger partial charge in [-0.2, -0.15) is 0 Å². The summed E-state index contributed by atoms with van der Waals surface area (Å²) in [5.41, 5.74) is -1.02. The molecule has 0 spiro atoms. The molecule has 2 rings (SSSR count). The Morgan fingerprint density at radius 1 is 1.35 bits per heavy atom. The maximum absolute atomic E-state index is 12.4. The van der Waals surface area contributed by atoms with Crippen molar-refractivity contribution in [2.24, 2.45) is 5.92 Å². The third-order valence-corrected chi connectivity index (χ3v) is 4.07. The zero-order chi connectivity index (χ0) is 14.9. The second kappa shape index (κ2) is 5.58. The molecule has 6 heteroatoms. The minimum Gasteiger partial charge on any atom is -0.313 e. The largest absolute Gasteiger partial charge is 0.328 e. The van der Waals surface area contributed by atoms with Gasteiger partial charge >= 0.3 is 5.69 Å². The van der Waals surface area contributed by atoms with Crippen LogP contribution < -0.4 is 11.2 Å². The maximum Gasteiger partial charge on any atom is 0.328 e. The summed E-state index contributed by atoms with van der Waals surface area (Å²) in [7, 11) is 0. The van der Waals surface area contributed by atoms with Crippen molar-refractivity contribution in [3.05, 3.63) is 55.0 Å². The number of carbonyl (C=O) groups excluding carboxylic acids is 1. The molecule has 1 atom stereocenters. The second-order valence-electron chi connectivity index (χ2n) is 4.94. The predicted octanol–water partition coefficient (Wildman–Crippen LogP) is 2.05. The molecule has 0 aliphatic heterocycles. The quantitative estimate of drug-likeness (QED) is 0.877. The van der Waals surface area contributed by atoms with Crippen molar-refractivity contribution >= 4 is 17.1 Å². The van der Waals surface area contributed by atoms with Gasteiger partial charge in [-0.25, -0.2) is 4.79 Å². The SMILES string of the molecule is CC(=O)c1c[nH]c(=O)n(C(c2cccs2)C(C)C)c1=O. The number of hydrogen-bond donors (Lipinski definition) is 1. The third-order valence-electron chi connectivity index (χ3n) is 3.13. The summed E-state index contributed by atoms with van der Waals surface area (Å²) in [6.07, 6.45) is 1.19. The number of nitrogens with zero attached hydrogens (tertiary/aromatic N) is 1. The van der Waals surface area contributed by atoms with Crippen LogP contribution in [0.15, 0.2) is 33.3 Å². The smallest absolute Gasteiger partial charge is 0.313 e. The van der Waals surface area contributed by atoms with E-state index < -0.39 is 11.2 Å². The Kier molecular flexibility index (Phi) is 4.04. The lowest BCUT2D eigenvalue weighted by Gasteiger charge is -2.21. The fourth-order valence-electron chi connectivity index (χ4n) is 2.21. The van der Waals surface area contributed by atoms with Crippen molar-refractivity contribution in [1.82, 2.24) is 9.55 Å². The molecular formula is C14H16N2O3S. The van der Waals surface area contributed by atoms with Crippen LogP contribution in [0.4, 0.5) is 0 Å². The number of Topliss-reactive ketones (excluding diaryl/α,β-unsaturated/α-hetero) is 1. The van der Waals surface area contributed by atoms with Crippen molar-refractivity contribution in [2.45, 2.75) is 26.8 Å². The number of rotatable bonds is 4. The van der Waals surface area contributed by atoms with Crippen LogP contribution in [-0.2, 0) is 0 Å². The average molecular weight is 292 g/mol. The number of aromatic amines is 1. The molecule has 1 unspecified atom stereocenters. The standard InChI is InChI=1S/C14H16N2O3S/c1-8(2)12(11-5-4-6-20-11)16-13(18)10(9(3)17)7-15-14(16)19/h4-8,12H,1-3H3,(H,15,19). The molecule has 106 valence electrons. The van der Waals surface area contributed by atoms with Crippen LogP contribution in [0.5, 0.6) is 0 Å². The molecule has 2 heterocycles. The van der Waals surface area contributed by atoms with Crippen LogP contribution in [0.25, 0.3) is 0 Å². The van der Waals surface area contributed by atoms with Crippen LogP contribution in [0.3, 0.4) is 0 Å². The molecule has 2 aromatic heterocycles. The molecule has 5 nitrogen and oxygen atoms in total. The van der Waals surface area contributed by atoms with Gasteiger partial charge in [0.25, 0.3) is 5.56 Å². The number of carbonyl (C=O) groups is 1. The van der Waals surface area contributed by atoms with E-state index in [-0.39, 0.29) is 23.3 Å². The van der Waals surface area contributed by atoms with Crippen LogP contribution in [0, 0.1) is 5.92 Å². The number of nitrogens with one attached hydrogen (secondary N) is 1. The summed E-state index contributed by atoms with van der Waals surface area (Å²) in [6, 6.07) is 3.40. The monoisotopic (exact) mass is 292 g/mol. The molecule has 1 N–H and O–H groups in total. The summed E-state index contributed by atoms with van der Waals surface area (Å²) in [6.45, 7) is 5.20. The van der Waals surface area contributed by atoms with Crippen LogP contribution in [0.2, 0.25) is 0 Å². The zero-order valence-electron chi connectivity index (χ0n) is 11.5. The first-order chi connectivity index (χ1) is 9.43. The summed E-state index contributed by atoms with van der Waals surface area (Å²) < 4.78 is 1.15. The molecule has 20 heavy (non-hydrogen) atoms. The second-order valence-corrected chi connectivity index (χ2v) is 5.92. The normalized spacial score (nSPS) is 12.6. The Hall–Kier alpha value is -1.95. The van der Waals surface area contributed by atoms with E-state index in [1.807, 2.05) is 31.4 Å². The van der Waals surface area contributed by atoms with Gasteiger partial charge in [0.15, 0.2) is 5.78 Å². The Morgan fingerprint density at radius 3 is 2.55 bits per heavy atom. The van der Waals surface area contributed by atoms with Crippen molar-refractivity contribution in [3.63, 3.8) is 0 Å². The highest BCUT2D eigenvalue weighted by Crippen LogP contribution is 2.27. The topological polar surface area (TPSA) is 71.9 Å². The Balaban J connectivity index is 2.72. The first kappa shape index (κ1) is 14.5. The molecule has 0 radical (unpaired) electrons. The van der Waals surface area contributed by atoms with Gasteiger partial charge in [0.05, 0.1) is 11.6 Å². The highest BCUT2D eigenvalue weighted by molar-refractivity contribution is 7.10.